The summed E-state index contributed by atoms with van der Waals surface area (Å²) in [5.41, 5.74) is 6.15. The maximum Gasteiger partial charge on any atom is 0.247 e. The van der Waals surface area contributed by atoms with E-state index in [4.69, 9.17) is 10.2 Å². The van der Waals surface area contributed by atoms with E-state index in [1.807, 2.05) is 11.9 Å². The van der Waals surface area contributed by atoms with Crippen molar-refractivity contribution in [1.82, 2.24) is 15.1 Å². The van der Waals surface area contributed by atoms with Crippen LogP contribution in [0.25, 0.3) is 11.5 Å². The van der Waals surface area contributed by atoms with Gasteiger partial charge in [-0.15, -0.1) is 10.2 Å². The zero-order chi connectivity index (χ0) is 13.0. The van der Waals surface area contributed by atoms with Crippen molar-refractivity contribution in [2.45, 2.75) is 6.54 Å². The summed E-state index contributed by atoms with van der Waals surface area (Å²) in [5.74, 6) is 0.623. The number of nitrogens with two attached hydrogens (primary N) is 1. The normalized spacial score (nSPS) is 11.1. The number of hydrogen-bond donors (Lipinski definition) is 1. The van der Waals surface area contributed by atoms with Gasteiger partial charge in [-0.05, 0) is 31.3 Å². The Kier molecular flexibility index (Phi) is 4.01. The minimum atomic E-state index is -0.291. The lowest BCUT2D eigenvalue weighted by atomic mass is 10.2. The number of aromatic nitrogens is 2. The summed E-state index contributed by atoms with van der Waals surface area (Å²) < 4.78 is 18.3. The third-order valence-electron chi connectivity index (χ3n) is 2.47. The van der Waals surface area contributed by atoms with E-state index < -0.39 is 0 Å². The van der Waals surface area contributed by atoms with E-state index in [9.17, 15) is 4.39 Å². The van der Waals surface area contributed by atoms with Crippen molar-refractivity contribution in [3.05, 3.63) is 36.0 Å². The molecule has 1 heterocycles. The van der Waals surface area contributed by atoms with E-state index in [0.717, 1.165) is 6.54 Å². The third-order valence-corrected chi connectivity index (χ3v) is 2.47. The molecule has 0 radical (unpaired) electrons. The number of rotatable bonds is 5. The minimum absolute atomic E-state index is 0.291. The average Bonchev–Trinajstić information content (AvgIpc) is 2.78. The summed E-state index contributed by atoms with van der Waals surface area (Å²) in [6, 6.07) is 5.94. The van der Waals surface area contributed by atoms with E-state index in [2.05, 4.69) is 10.2 Å². The molecule has 0 fully saturated rings. The van der Waals surface area contributed by atoms with E-state index in [-0.39, 0.29) is 5.82 Å². The van der Waals surface area contributed by atoms with Gasteiger partial charge in [-0.3, -0.25) is 4.90 Å². The Balaban J connectivity index is 2.08. The lowest BCUT2D eigenvalue weighted by Crippen LogP contribution is -2.25. The molecule has 2 rings (SSSR count). The van der Waals surface area contributed by atoms with Gasteiger partial charge in [0.15, 0.2) is 0 Å². The van der Waals surface area contributed by atoms with E-state index in [1.165, 1.54) is 12.1 Å². The molecule has 96 valence electrons. The van der Waals surface area contributed by atoms with Crippen LogP contribution in [-0.4, -0.2) is 35.2 Å². The summed E-state index contributed by atoms with van der Waals surface area (Å²) in [4.78, 5) is 1.99. The van der Waals surface area contributed by atoms with Crippen molar-refractivity contribution in [3.8, 4) is 11.5 Å². The Morgan fingerprint density at radius 3 is 2.67 bits per heavy atom. The van der Waals surface area contributed by atoms with Gasteiger partial charge in [0.25, 0.3) is 0 Å². The topological polar surface area (TPSA) is 68.2 Å². The van der Waals surface area contributed by atoms with E-state index in [1.54, 1.807) is 12.1 Å². The van der Waals surface area contributed by atoms with Crippen molar-refractivity contribution in [3.63, 3.8) is 0 Å². The molecule has 0 aliphatic rings. The van der Waals surface area contributed by atoms with Gasteiger partial charge < -0.3 is 10.2 Å². The lowest BCUT2D eigenvalue weighted by molar-refractivity contribution is 0.297. The van der Waals surface area contributed by atoms with Crippen LogP contribution in [0.5, 0.6) is 0 Å². The molecule has 1 aromatic heterocycles. The predicted octanol–water partition coefficient (Wildman–Crippen LogP) is 1.27. The molecule has 0 aliphatic heterocycles. The molecule has 0 unspecified atom stereocenters. The molecule has 2 aromatic rings. The van der Waals surface area contributed by atoms with Crippen LogP contribution < -0.4 is 5.73 Å². The molecule has 6 heteroatoms. The number of hydrogen-bond acceptors (Lipinski definition) is 5. The smallest absolute Gasteiger partial charge is 0.247 e. The summed E-state index contributed by atoms with van der Waals surface area (Å²) >= 11 is 0. The van der Waals surface area contributed by atoms with Crippen molar-refractivity contribution < 1.29 is 8.81 Å². The van der Waals surface area contributed by atoms with Crippen LogP contribution in [0.2, 0.25) is 0 Å². The molecular formula is C12H15FN4O. The zero-order valence-corrected chi connectivity index (χ0v) is 10.1. The maximum atomic E-state index is 12.8. The highest BCUT2D eigenvalue weighted by Crippen LogP contribution is 2.18. The largest absolute Gasteiger partial charge is 0.419 e. The molecule has 0 atom stereocenters. The fourth-order valence-electron chi connectivity index (χ4n) is 1.56. The fraction of sp³-hybridized carbons (Fsp3) is 0.333. The van der Waals surface area contributed by atoms with Gasteiger partial charge in [-0.25, -0.2) is 4.39 Å². The first-order valence-electron chi connectivity index (χ1n) is 5.66. The Hall–Kier alpha value is -1.79. The zero-order valence-electron chi connectivity index (χ0n) is 10.1. The molecule has 2 N–H and O–H groups in total. The molecule has 0 bridgehead atoms. The van der Waals surface area contributed by atoms with Gasteiger partial charge in [-0.1, -0.05) is 0 Å². The second kappa shape index (κ2) is 5.70. The Labute approximate surface area is 104 Å². The van der Waals surface area contributed by atoms with Gasteiger partial charge in [-0.2, -0.15) is 0 Å². The highest BCUT2D eigenvalue weighted by molar-refractivity contribution is 5.51. The maximum absolute atomic E-state index is 12.8. The molecule has 0 spiro atoms. The SMILES string of the molecule is CN(CCN)Cc1nnc(-c2ccc(F)cc2)o1. The van der Waals surface area contributed by atoms with Crippen LogP contribution in [-0.2, 0) is 6.54 Å². The number of halogens is 1. The first kappa shape index (κ1) is 12.7. The monoisotopic (exact) mass is 250 g/mol. The van der Waals surface area contributed by atoms with Gasteiger partial charge >= 0.3 is 0 Å². The molecule has 0 saturated carbocycles. The van der Waals surface area contributed by atoms with Crippen LogP contribution >= 0.6 is 0 Å². The van der Waals surface area contributed by atoms with Crippen molar-refractivity contribution in [2.75, 3.05) is 20.1 Å². The lowest BCUT2D eigenvalue weighted by Gasteiger charge is -2.11. The fourth-order valence-corrected chi connectivity index (χ4v) is 1.56. The van der Waals surface area contributed by atoms with Gasteiger partial charge in [0.05, 0.1) is 6.54 Å². The molecule has 5 nitrogen and oxygen atoms in total. The van der Waals surface area contributed by atoms with Crippen molar-refractivity contribution in [2.24, 2.45) is 5.73 Å². The summed E-state index contributed by atoms with van der Waals surface area (Å²) in [6.07, 6.45) is 0. The second-order valence-electron chi connectivity index (χ2n) is 4.03. The molecular weight excluding hydrogens is 235 g/mol. The summed E-state index contributed by atoms with van der Waals surface area (Å²) in [6.45, 7) is 1.88. The van der Waals surface area contributed by atoms with Crippen LogP contribution in [0.3, 0.4) is 0 Å². The highest BCUT2D eigenvalue weighted by atomic mass is 19.1. The van der Waals surface area contributed by atoms with Crippen LogP contribution in [0, 0.1) is 5.82 Å². The van der Waals surface area contributed by atoms with Crippen LogP contribution in [0.1, 0.15) is 5.89 Å². The Bertz CT molecular complexity index is 497. The quantitative estimate of drug-likeness (QED) is 0.865. The van der Waals surface area contributed by atoms with E-state index >= 15 is 0 Å². The highest BCUT2D eigenvalue weighted by Gasteiger charge is 2.10. The van der Waals surface area contributed by atoms with Gasteiger partial charge in [0.1, 0.15) is 5.82 Å². The summed E-state index contributed by atoms with van der Waals surface area (Å²) in [7, 11) is 1.93. The number of nitrogens with zero attached hydrogens (tertiary/aromatic N) is 3. The number of likely N-dealkylation sites (N-methyl/N-ethyl adjacent to an activating group) is 1. The van der Waals surface area contributed by atoms with Gasteiger partial charge in [0.2, 0.25) is 11.8 Å². The summed E-state index contributed by atoms with van der Waals surface area (Å²) in [5, 5.41) is 7.88. The standard InChI is InChI=1S/C12H15FN4O/c1-17(7-6-14)8-11-15-16-12(18-11)9-2-4-10(13)5-3-9/h2-5H,6-8,14H2,1H3. The first-order chi connectivity index (χ1) is 8.69. The Morgan fingerprint density at radius 2 is 2.00 bits per heavy atom. The molecule has 0 amide bonds. The third kappa shape index (κ3) is 3.12. The van der Waals surface area contributed by atoms with Crippen LogP contribution in [0.15, 0.2) is 28.7 Å². The molecule has 1 aromatic carbocycles. The van der Waals surface area contributed by atoms with Crippen molar-refractivity contribution >= 4 is 0 Å². The number of benzene rings is 1. The van der Waals surface area contributed by atoms with Gasteiger partial charge in [0, 0.05) is 18.7 Å². The second-order valence-corrected chi connectivity index (χ2v) is 4.03. The predicted molar refractivity (Wildman–Crippen MR) is 65.1 cm³/mol. The van der Waals surface area contributed by atoms with E-state index in [0.29, 0.717) is 30.4 Å². The van der Waals surface area contributed by atoms with Crippen molar-refractivity contribution in [1.29, 1.82) is 0 Å². The van der Waals surface area contributed by atoms with Crippen LogP contribution in [0.4, 0.5) is 4.39 Å². The molecule has 0 saturated heterocycles. The minimum Gasteiger partial charge on any atom is -0.419 e. The average molecular weight is 250 g/mol. The first-order valence-corrected chi connectivity index (χ1v) is 5.66. The molecule has 18 heavy (non-hydrogen) atoms. The molecule has 0 aliphatic carbocycles. The Morgan fingerprint density at radius 1 is 1.28 bits per heavy atom.